The lowest BCUT2D eigenvalue weighted by Gasteiger charge is -2.10. The molecule has 2 amide bonds. The highest BCUT2D eigenvalue weighted by atomic mass is 35.5. The van der Waals surface area contributed by atoms with E-state index < -0.39 is 27.3 Å². The van der Waals surface area contributed by atoms with Crippen LogP contribution in [0.1, 0.15) is 5.82 Å². The maximum Gasteiger partial charge on any atom is 0.333 e. The van der Waals surface area contributed by atoms with Gasteiger partial charge in [0.1, 0.15) is 10.0 Å². The number of nitrogens with zero attached hydrogens (tertiary/aromatic N) is 2. The molecule has 0 saturated carbocycles. The molecular weight excluding hydrogens is 554 g/mol. The van der Waals surface area contributed by atoms with Crippen LogP contribution in [0.25, 0.3) is 16.6 Å². The molecule has 0 radical (unpaired) electrons. The number of rotatable bonds is 7. The quantitative estimate of drug-likeness (QED) is 0.199. The van der Waals surface area contributed by atoms with Crippen LogP contribution in [0.4, 0.5) is 16.2 Å². The first-order valence-corrected chi connectivity index (χ1v) is 13.6. The molecule has 0 bridgehead atoms. The maximum atomic E-state index is 13.1. The van der Waals surface area contributed by atoms with Crippen LogP contribution >= 0.6 is 22.9 Å². The van der Waals surface area contributed by atoms with E-state index in [4.69, 9.17) is 11.6 Å². The molecule has 2 aromatic carbocycles. The number of sulfonamides is 1. The standard InChI is InChI=1S/C23H18ClN7O5S2/c24-18-7-8-20(37-18)38(35,36)30-22(33)28-13-1-4-15(5-2-13)31-21(32)16-6-3-14(11-17(16)29-23(31)34)27-12-19-25-9-10-26-19/h1-11,27H,12H2,(H,25,26)(H,29,34)(H2,28,30,33). The number of hydrogen-bond donors (Lipinski definition) is 5. The van der Waals surface area contributed by atoms with E-state index in [2.05, 4.69) is 25.6 Å². The molecule has 38 heavy (non-hydrogen) atoms. The van der Waals surface area contributed by atoms with Gasteiger partial charge in [-0.1, -0.05) is 11.6 Å². The molecule has 15 heteroatoms. The zero-order chi connectivity index (χ0) is 26.9. The zero-order valence-electron chi connectivity index (χ0n) is 19.2. The van der Waals surface area contributed by atoms with Crippen molar-refractivity contribution in [2.45, 2.75) is 10.8 Å². The van der Waals surface area contributed by atoms with Gasteiger partial charge >= 0.3 is 11.7 Å². The van der Waals surface area contributed by atoms with Gasteiger partial charge in [-0.3, -0.25) is 4.79 Å². The number of urea groups is 1. The van der Waals surface area contributed by atoms with Crippen molar-refractivity contribution < 1.29 is 13.2 Å². The molecule has 0 saturated heterocycles. The number of aromatic amines is 2. The number of thiophene rings is 1. The van der Waals surface area contributed by atoms with Gasteiger partial charge in [-0.25, -0.2) is 32.3 Å². The third-order valence-electron chi connectivity index (χ3n) is 5.34. The van der Waals surface area contributed by atoms with Crippen molar-refractivity contribution in [2.24, 2.45) is 0 Å². The first kappa shape index (κ1) is 25.3. The molecule has 3 heterocycles. The number of anilines is 2. The number of carbonyl (C=O) groups is 1. The molecule has 0 fully saturated rings. The van der Waals surface area contributed by atoms with Crippen molar-refractivity contribution in [3.63, 3.8) is 0 Å². The van der Waals surface area contributed by atoms with E-state index in [1.54, 1.807) is 30.6 Å². The first-order chi connectivity index (χ1) is 18.2. The third kappa shape index (κ3) is 5.32. The number of halogens is 1. The SMILES string of the molecule is O=C(Nc1ccc(-n2c(=O)[nH]c3cc(NCc4ncc[nH]4)ccc3c2=O)cc1)NS(=O)(=O)c1ccc(Cl)s1. The van der Waals surface area contributed by atoms with Crippen LogP contribution in [-0.2, 0) is 16.6 Å². The minimum atomic E-state index is -4.09. The average molecular weight is 572 g/mol. The van der Waals surface area contributed by atoms with E-state index in [-0.39, 0.29) is 19.9 Å². The number of carbonyl (C=O) groups excluding carboxylic acids is 1. The second-order valence-corrected chi connectivity index (χ2v) is 11.5. The van der Waals surface area contributed by atoms with Crippen LogP contribution in [0.15, 0.2) is 80.8 Å². The average Bonchev–Trinajstić information content (AvgIpc) is 3.55. The summed E-state index contributed by atoms with van der Waals surface area (Å²) < 4.78 is 27.6. The second kappa shape index (κ2) is 10.2. The maximum absolute atomic E-state index is 13.1. The summed E-state index contributed by atoms with van der Waals surface area (Å²) in [6.45, 7) is 0.437. The third-order valence-corrected chi connectivity index (χ3v) is 8.39. The van der Waals surface area contributed by atoms with Crippen molar-refractivity contribution in [3.8, 4) is 5.69 Å². The second-order valence-electron chi connectivity index (χ2n) is 7.89. The highest BCUT2D eigenvalue weighted by Crippen LogP contribution is 2.25. The molecular formula is C23H18ClN7O5S2. The minimum Gasteiger partial charge on any atom is -0.378 e. The Bertz CT molecular complexity index is 1860. The van der Waals surface area contributed by atoms with E-state index >= 15 is 0 Å². The number of H-pyrrole nitrogens is 2. The van der Waals surface area contributed by atoms with Crippen molar-refractivity contribution in [2.75, 3.05) is 10.6 Å². The Kier molecular flexibility index (Phi) is 6.75. The number of aromatic nitrogens is 4. The Balaban J connectivity index is 1.33. The van der Waals surface area contributed by atoms with Crippen LogP contribution in [0.2, 0.25) is 4.34 Å². The normalized spacial score (nSPS) is 11.4. The Morgan fingerprint density at radius 3 is 2.50 bits per heavy atom. The van der Waals surface area contributed by atoms with E-state index in [1.165, 1.54) is 36.4 Å². The van der Waals surface area contributed by atoms with Gasteiger partial charge in [-0.2, -0.15) is 0 Å². The molecule has 3 aromatic heterocycles. The van der Waals surface area contributed by atoms with Gasteiger partial charge in [0.05, 0.1) is 27.5 Å². The summed E-state index contributed by atoms with van der Waals surface area (Å²) in [4.78, 5) is 47.9. The Morgan fingerprint density at radius 1 is 1.05 bits per heavy atom. The molecule has 0 atom stereocenters. The topological polar surface area (TPSA) is 171 Å². The smallest absolute Gasteiger partial charge is 0.333 e. The first-order valence-electron chi connectivity index (χ1n) is 10.9. The van der Waals surface area contributed by atoms with Crippen LogP contribution < -0.4 is 26.6 Å². The largest absolute Gasteiger partial charge is 0.378 e. The van der Waals surface area contributed by atoms with E-state index in [1.807, 2.05) is 4.72 Å². The van der Waals surface area contributed by atoms with Crippen molar-refractivity contribution >= 4 is 61.3 Å². The van der Waals surface area contributed by atoms with Crippen LogP contribution in [0.5, 0.6) is 0 Å². The summed E-state index contributed by atoms with van der Waals surface area (Å²) in [6.07, 6.45) is 3.35. The van der Waals surface area contributed by atoms with Crippen molar-refractivity contribution in [3.05, 3.63) is 98.0 Å². The summed E-state index contributed by atoms with van der Waals surface area (Å²) in [5, 5.41) is 5.86. The Labute approximate surface area is 223 Å². The van der Waals surface area contributed by atoms with Crippen LogP contribution in [-0.4, -0.2) is 34.0 Å². The highest BCUT2D eigenvalue weighted by Gasteiger charge is 2.20. The lowest BCUT2D eigenvalue weighted by molar-refractivity contribution is 0.256. The van der Waals surface area contributed by atoms with Crippen LogP contribution in [0, 0.1) is 0 Å². The molecule has 5 aromatic rings. The van der Waals surface area contributed by atoms with Gasteiger partial charge in [0, 0.05) is 23.8 Å². The van der Waals surface area contributed by atoms with E-state index in [9.17, 15) is 22.8 Å². The summed E-state index contributed by atoms with van der Waals surface area (Å²) in [7, 11) is -4.09. The molecule has 0 unspecified atom stereocenters. The lowest BCUT2D eigenvalue weighted by atomic mass is 10.2. The van der Waals surface area contributed by atoms with Gasteiger partial charge in [0.15, 0.2) is 0 Å². The predicted octanol–water partition coefficient (Wildman–Crippen LogP) is 3.24. The Morgan fingerprint density at radius 2 is 1.82 bits per heavy atom. The molecule has 12 nitrogen and oxygen atoms in total. The minimum absolute atomic E-state index is 0.108. The fourth-order valence-electron chi connectivity index (χ4n) is 3.61. The van der Waals surface area contributed by atoms with E-state index in [0.717, 1.165) is 21.7 Å². The van der Waals surface area contributed by atoms with Gasteiger partial charge in [-0.15, -0.1) is 11.3 Å². The number of imidazole rings is 1. The zero-order valence-corrected chi connectivity index (χ0v) is 21.6. The monoisotopic (exact) mass is 571 g/mol. The van der Waals surface area contributed by atoms with Gasteiger partial charge in [0.25, 0.3) is 15.6 Å². The van der Waals surface area contributed by atoms with Gasteiger partial charge in [-0.05, 0) is 54.6 Å². The van der Waals surface area contributed by atoms with E-state index in [0.29, 0.717) is 23.1 Å². The predicted molar refractivity (Wildman–Crippen MR) is 145 cm³/mol. The van der Waals surface area contributed by atoms with Crippen molar-refractivity contribution in [1.29, 1.82) is 0 Å². The molecule has 0 aliphatic carbocycles. The number of fused-ring (bicyclic) bond motifs is 1. The Hall–Kier alpha value is -4.40. The summed E-state index contributed by atoms with van der Waals surface area (Å²) in [5.41, 5.74) is 0.377. The molecule has 0 aliphatic heterocycles. The molecule has 0 spiro atoms. The fourth-order valence-corrected chi connectivity index (χ4v) is 6.00. The number of hydrogen-bond acceptors (Lipinski definition) is 8. The summed E-state index contributed by atoms with van der Waals surface area (Å²) >= 11 is 6.57. The molecule has 5 rings (SSSR count). The van der Waals surface area contributed by atoms with Crippen molar-refractivity contribution in [1.82, 2.24) is 24.2 Å². The van der Waals surface area contributed by atoms with Gasteiger partial charge in [0.2, 0.25) is 0 Å². The summed E-state index contributed by atoms with van der Waals surface area (Å²) in [5.74, 6) is 0.735. The molecule has 5 N–H and O–H groups in total. The number of benzene rings is 2. The molecule has 194 valence electrons. The van der Waals surface area contributed by atoms with Gasteiger partial charge < -0.3 is 20.6 Å². The highest BCUT2D eigenvalue weighted by molar-refractivity contribution is 7.92. The summed E-state index contributed by atoms with van der Waals surface area (Å²) in [6, 6.07) is 12.5. The van der Waals surface area contributed by atoms with Crippen LogP contribution in [0.3, 0.4) is 0 Å². The fraction of sp³-hybridized carbons (Fsp3) is 0.0435. The lowest BCUT2D eigenvalue weighted by Crippen LogP contribution is -2.34. The number of nitrogens with one attached hydrogen (secondary N) is 5. The molecule has 0 aliphatic rings. The number of amides is 2.